The molecular weight excluding hydrogens is 332 g/mol. The number of hydrogen-bond donors (Lipinski definition) is 0. The van der Waals surface area contributed by atoms with E-state index in [0.29, 0.717) is 17.9 Å². The van der Waals surface area contributed by atoms with Crippen LogP contribution >= 0.6 is 0 Å². The van der Waals surface area contributed by atoms with Crippen LogP contribution in [-0.2, 0) is 11.3 Å². The molecule has 0 radical (unpaired) electrons. The lowest BCUT2D eigenvalue weighted by Crippen LogP contribution is -2.27. The fraction of sp³-hybridized carbons (Fsp3) is 0.421. The minimum absolute atomic E-state index is 0.0703. The number of ether oxygens (including phenoxy) is 2. The van der Waals surface area contributed by atoms with Crippen LogP contribution < -0.4 is 10.3 Å². The fourth-order valence-corrected chi connectivity index (χ4v) is 3.43. The molecule has 3 heterocycles. The normalized spacial score (nSPS) is 15.5. The Balaban J connectivity index is 1.71. The van der Waals surface area contributed by atoms with E-state index in [-0.39, 0.29) is 11.5 Å². The molecule has 0 N–H and O–H groups in total. The van der Waals surface area contributed by atoms with Crippen LogP contribution in [0.25, 0.3) is 5.52 Å². The molecule has 0 aliphatic carbocycles. The first-order valence-electron chi connectivity index (χ1n) is 8.83. The number of nitrogens with zero attached hydrogens (tertiary/aromatic N) is 4. The van der Waals surface area contributed by atoms with Crippen molar-refractivity contribution in [3.63, 3.8) is 0 Å². The lowest BCUT2D eigenvalue weighted by Gasteiger charge is -2.20. The highest BCUT2D eigenvalue weighted by Gasteiger charge is 2.22. The molecule has 1 aliphatic rings. The van der Waals surface area contributed by atoms with Gasteiger partial charge in [-0.15, -0.1) is 0 Å². The molecule has 0 atom stereocenters. The van der Waals surface area contributed by atoms with Crippen LogP contribution in [0.2, 0.25) is 0 Å². The SMILES string of the molecule is COc1ccc(Cn2c(C)nn3c(C4CCOCC4)ncc3c2=O)cc1. The van der Waals surface area contributed by atoms with Crippen molar-refractivity contribution < 1.29 is 9.47 Å². The maximum Gasteiger partial charge on any atom is 0.279 e. The summed E-state index contributed by atoms with van der Waals surface area (Å²) in [5.41, 5.74) is 1.47. The highest BCUT2D eigenvalue weighted by atomic mass is 16.5. The number of methoxy groups -OCH3 is 1. The van der Waals surface area contributed by atoms with E-state index in [1.165, 1.54) is 0 Å². The van der Waals surface area contributed by atoms with Gasteiger partial charge in [-0.25, -0.2) is 9.50 Å². The van der Waals surface area contributed by atoms with Gasteiger partial charge >= 0.3 is 0 Å². The molecule has 0 amide bonds. The Bertz CT molecular complexity index is 969. The third-order valence-corrected chi connectivity index (χ3v) is 4.95. The van der Waals surface area contributed by atoms with Crippen molar-refractivity contribution in [1.82, 2.24) is 19.2 Å². The zero-order chi connectivity index (χ0) is 18.1. The van der Waals surface area contributed by atoms with Gasteiger partial charge in [-0.3, -0.25) is 9.36 Å². The van der Waals surface area contributed by atoms with E-state index < -0.39 is 0 Å². The van der Waals surface area contributed by atoms with Crippen LogP contribution in [0.3, 0.4) is 0 Å². The van der Waals surface area contributed by atoms with E-state index in [1.807, 2.05) is 31.2 Å². The van der Waals surface area contributed by atoms with Crippen molar-refractivity contribution in [1.29, 1.82) is 0 Å². The molecule has 0 spiro atoms. The van der Waals surface area contributed by atoms with Gasteiger partial charge in [-0.1, -0.05) is 12.1 Å². The zero-order valence-corrected chi connectivity index (χ0v) is 15.0. The Morgan fingerprint density at radius 3 is 2.65 bits per heavy atom. The summed E-state index contributed by atoms with van der Waals surface area (Å²) in [6.07, 6.45) is 3.47. The molecule has 0 saturated carbocycles. The van der Waals surface area contributed by atoms with E-state index in [4.69, 9.17) is 9.47 Å². The minimum Gasteiger partial charge on any atom is -0.497 e. The molecule has 2 aromatic heterocycles. The molecule has 3 aromatic rings. The van der Waals surface area contributed by atoms with E-state index in [2.05, 4.69) is 10.1 Å². The molecule has 7 nitrogen and oxygen atoms in total. The number of imidazole rings is 1. The van der Waals surface area contributed by atoms with E-state index >= 15 is 0 Å². The third kappa shape index (κ3) is 2.99. The second-order valence-electron chi connectivity index (χ2n) is 6.59. The van der Waals surface area contributed by atoms with Crippen LogP contribution in [0.1, 0.15) is 36.0 Å². The molecule has 1 saturated heterocycles. The number of aromatic nitrogens is 4. The Morgan fingerprint density at radius 2 is 1.96 bits per heavy atom. The van der Waals surface area contributed by atoms with Crippen molar-refractivity contribution in [2.24, 2.45) is 0 Å². The molecule has 26 heavy (non-hydrogen) atoms. The van der Waals surface area contributed by atoms with Gasteiger partial charge < -0.3 is 9.47 Å². The molecule has 0 bridgehead atoms. The summed E-state index contributed by atoms with van der Waals surface area (Å²) in [6.45, 7) is 3.79. The summed E-state index contributed by atoms with van der Waals surface area (Å²) in [5, 5.41) is 4.65. The predicted octanol–water partition coefficient (Wildman–Crippen LogP) is 2.15. The molecule has 136 valence electrons. The smallest absolute Gasteiger partial charge is 0.279 e. The van der Waals surface area contributed by atoms with E-state index in [0.717, 1.165) is 43.2 Å². The van der Waals surface area contributed by atoms with Crippen molar-refractivity contribution in [2.45, 2.75) is 32.2 Å². The molecule has 4 rings (SSSR count). The summed E-state index contributed by atoms with van der Waals surface area (Å²) in [6, 6.07) is 7.70. The van der Waals surface area contributed by atoms with Gasteiger partial charge in [0.05, 0.1) is 19.9 Å². The highest BCUT2D eigenvalue weighted by molar-refractivity contribution is 5.43. The van der Waals surface area contributed by atoms with Crippen LogP contribution in [0.4, 0.5) is 0 Å². The van der Waals surface area contributed by atoms with Gasteiger partial charge in [0, 0.05) is 19.1 Å². The topological polar surface area (TPSA) is 70.7 Å². The number of aryl methyl sites for hydroxylation is 1. The largest absolute Gasteiger partial charge is 0.497 e. The van der Waals surface area contributed by atoms with Crippen molar-refractivity contribution in [3.05, 3.63) is 58.0 Å². The monoisotopic (exact) mass is 354 g/mol. The highest BCUT2D eigenvalue weighted by Crippen LogP contribution is 2.25. The molecule has 7 heteroatoms. The molecule has 1 aromatic carbocycles. The van der Waals surface area contributed by atoms with Crippen LogP contribution in [0, 0.1) is 6.92 Å². The number of benzene rings is 1. The summed E-state index contributed by atoms with van der Waals surface area (Å²) in [5.74, 6) is 2.61. The van der Waals surface area contributed by atoms with Crippen molar-refractivity contribution in [3.8, 4) is 5.75 Å². The first-order valence-corrected chi connectivity index (χ1v) is 8.83. The molecule has 0 unspecified atom stereocenters. The molecular formula is C19H22N4O3. The summed E-state index contributed by atoms with van der Waals surface area (Å²) in [7, 11) is 1.64. The van der Waals surface area contributed by atoms with Gasteiger partial charge in [0.25, 0.3) is 5.56 Å². The summed E-state index contributed by atoms with van der Waals surface area (Å²) >= 11 is 0. The van der Waals surface area contributed by atoms with Crippen LogP contribution in [0.15, 0.2) is 35.3 Å². The zero-order valence-electron chi connectivity index (χ0n) is 15.0. The second kappa shape index (κ2) is 6.92. The summed E-state index contributed by atoms with van der Waals surface area (Å²) in [4.78, 5) is 17.5. The van der Waals surface area contributed by atoms with Crippen molar-refractivity contribution >= 4 is 5.52 Å². The fourth-order valence-electron chi connectivity index (χ4n) is 3.43. The van der Waals surface area contributed by atoms with Crippen LogP contribution in [0.5, 0.6) is 5.75 Å². The number of rotatable bonds is 4. The van der Waals surface area contributed by atoms with Gasteiger partial charge in [-0.05, 0) is 37.5 Å². The Hall–Kier alpha value is -2.67. The average molecular weight is 354 g/mol. The summed E-state index contributed by atoms with van der Waals surface area (Å²) < 4.78 is 14.0. The average Bonchev–Trinajstić information content (AvgIpc) is 3.10. The Labute approximate surface area is 151 Å². The second-order valence-corrected chi connectivity index (χ2v) is 6.59. The third-order valence-electron chi connectivity index (χ3n) is 4.95. The van der Waals surface area contributed by atoms with Crippen LogP contribution in [-0.4, -0.2) is 39.5 Å². The number of hydrogen-bond acceptors (Lipinski definition) is 5. The lowest BCUT2D eigenvalue weighted by molar-refractivity contribution is 0.0832. The standard InChI is InChI=1S/C19H22N4O3/c1-13-21-23-17(11-20-18(23)15-7-9-26-10-8-15)19(24)22(13)12-14-3-5-16(25-2)6-4-14/h3-6,11,15H,7-10,12H2,1-2H3. The van der Waals surface area contributed by atoms with Gasteiger partial charge in [0.1, 0.15) is 17.4 Å². The Kier molecular flexibility index (Phi) is 4.46. The maximum absolute atomic E-state index is 13.0. The predicted molar refractivity (Wildman–Crippen MR) is 96.9 cm³/mol. The first kappa shape index (κ1) is 16.8. The van der Waals surface area contributed by atoms with Gasteiger partial charge in [-0.2, -0.15) is 5.10 Å². The quantitative estimate of drug-likeness (QED) is 0.718. The molecule has 1 fully saturated rings. The van der Waals surface area contributed by atoms with Gasteiger partial charge in [0.2, 0.25) is 0 Å². The first-order chi connectivity index (χ1) is 12.7. The maximum atomic E-state index is 13.0. The molecule has 1 aliphatic heterocycles. The van der Waals surface area contributed by atoms with Crippen molar-refractivity contribution in [2.75, 3.05) is 20.3 Å². The van der Waals surface area contributed by atoms with E-state index in [9.17, 15) is 4.79 Å². The Morgan fingerprint density at radius 1 is 1.23 bits per heavy atom. The number of fused-ring (bicyclic) bond motifs is 1. The van der Waals surface area contributed by atoms with E-state index in [1.54, 1.807) is 22.4 Å². The minimum atomic E-state index is -0.0703. The lowest BCUT2D eigenvalue weighted by atomic mass is 10.00. The van der Waals surface area contributed by atoms with Gasteiger partial charge in [0.15, 0.2) is 5.52 Å².